The minimum Gasteiger partial charge on any atom is -0.444 e. The van der Waals surface area contributed by atoms with Crippen molar-refractivity contribution in [2.45, 2.75) is 38.1 Å². The van der Waals surface area contributed by atoms with Gasteiger partial charge in [-0.3, -0.25) is 4.99 Å². The van der Waals surface area contributed by atoms with Gasteiger partial charge in [-0.05, 0) is 39.0 Å². The number of nitrogens with one attached hydrogen (secondary N) is 2. The molecule has 15 heteroatoms. The number of hydrogen-bond acceptors (Lipinski definition) is 8. The number of benzene rings is 1. The summed E-state index contributed by atoms with van der Waals surface area (Å²) in [6.07, 6.45) is 1.20. The van der Waals surface area contributed by atoms with Crippen LogP contribution in [-0.4, -0.2) is 81.3 Å². The van der Waals surface area contributed by atoms with Crippen molar-refractivity contribution in [2.24, 2.45) is 16.5 Å². The summed E-state index contributed by atoms with van der Waals surface area (Å²) in [5, 5.41) is 8.62. The van der Waals surface area contributed by atoms with E-state index in [9.17, 15) is 22.8 Å². The molecule has 3 aromatic rings. The Morgan fingerprint density at radius 2 is 1.93 bits per heavy atom. The third-order valence-electron chi connectivity index (χ3n) is 6.22. The molecule has 0 atom stereocenters. The fourth-order valence-electron chi connectivity index (χ4n) is 4.15. The molecule has 0 unspecified atom stereocenters. The second kappa shape index (κ2) is 11.7. The highest BCUT2D eigenvalue weighted by Gasteiger charge is 2.45. The molecule has 1 aliphatic heterocycles. The summed E-state index contributed by atoms with van der Waals surface area (Å²) in [7, 11) is 0. The van der Waals surface area contributed by atoms with Gasteiger partial charge in [0.15, 0.2) is 5.65 Å². The standard InChI is InChI=1S/C27H32F3N9O3/c1-25(2,3)42-24(41)38-15-26(13-32,16-38)35-10-19(9-31)18-8-22-33-12-21(39(22)36-11-18)17-5-4-6-20(7-17)37-23(40)34-14-27(28,29)30/h4-12H,13-16,31-32H2,1-3H3,(H2,34,37,40). The Bertz CT molecular complexity index is 1520. The summed E-state index contributed by atoms with van der Waals surface area (Å²) in [6, 6.07) is 7.31. The van der Waals surface area contributed by atoms with Crippen molar-refractivity contribution in [3.05, 3.63) is 54.5 Å². The van der Waals surface area contributed by atoms with Gasteiger partial charge in [0.05, 0.1) is 31.2 Å². The molecule has 0 aliphatic carbocycles. The number of anilines is 1. The summed E-state index contributed by atoms with van der Waals surface area (Å²) in [4.78, 5) is 34.8. The van der Waals surface area contributed by atoms with Gasteiger partial charge in [0.25, 0.3) is 0 Å². The first-order valence-electron chi connectivity index (χ1n) is 12.9. The van der Waals surface area contributed by atoms with Crippen molar-refractivity contribution >= 4 is 35.2 Å². The first-order chi connectivity index (χ1) is 19.7. The summed E-state index contributed by atoms with van der Waals surface area (Å²) in [5.74, 6) is 0. The molecule has 4 rings (SSSR count). The van der Waals surface area contributed by atoms with Gasteiger partial charge in [-0.2, -0.15) is 18.3 Å². The summed E-state index contributed by atoms with van der Waals surface area (Å²) in [6.45, 7) is 4.79. The zero-order chi connectivity index (χ0) is 30.7. The van der Waals surface area contributed by atoms with Crippen molar-refractivity contribution in [3.8, 4) is 11.3 Å². The number of aliphatic imine (C=N–C) groups is 1. The minimum absolute atomic E-state index is 0.222. The SMILES string of the molecule is CC(C)(C)OC(=O)N1CC(CN)(N=CC(=CN)c2cnn3c(-c4cccc(NC(=O)NCC(F)(F)F)c4)cnc3c2)C1. The number of carbonyl (C=O) groups is 2. The highest BCUT2D eigenvalue weighted by molar-refractivity contribution is 6.10. The average molecular weight is 588 g/mol. The van der Waals surface area contributed by atoms with Gasteiger partial charge in [-0.15, -0.1) is 0 Å². The fourth-order valence-corrected chi connectivity index (χ4v) is 4.15. The Balaban J connectivity index is 1.47. The van der Waals surface area contributed by atoms with Gasteiger partial charge >= 0.3 is 18.3 Å². The zero-order valence-corrected chi connectivity index (χ0v) is 23.3. The maximum atomic E-state index is 12.4. The van der Waals surface area contributed by atoms with Crippen LogP contribution in [-0.2, 0) is 4.74 Å². The summed E-state index contributed by atoms with van der Waals surface area (Å²) >= 11 is 0. The number of amides is 3. The smallest absolute Gasteiger partial charge is 0.410 e. The first kappa shape index (κ1) is 30.3. The van der Waals surface area contributed by atoms with Gasteiger partial charge in [0.2, 0.25) is 0 Å². The number of ether oxygens (including phenoxy) is 1. The molecule has 1 saturated heterocycles. The third-order valence-corrected chi connectivity index (χ3v) is 6.22. The highest BCUT2D eigenvalue weighted by atomic mass is 19.4. The largest absolute Gasteiger partial charge is 0.444 e. The van der Waals surface area contributed by atoms with E-state index in [4.69, 9.17) is 16.2 Å². The maximum Gasteiger partial charge on any atom is 0.410 e. The van der Waals surface area contributed by atoms with E-state index in [0.29, 0.717) is 46.8 Å². The van der Waals surface area contributed by atoms with Crippen LogP contribution in [0.25, 0.3) is 22.5 Å². The molecule has 6 N–H and O–H groups in total. The normalized spacial score (nSPS) is 15.5. The Hall–Kier alpha value is -4.66. The number of fused-ring (bicyclic) bond motifs is 1. The lowest BCUT2D eigenvalue weighted by Crippen LogP contribution is -2.66. The van der Waals surface area contributed by atoms with Crippen molar-refractivity contribution < 1.29 is 27.5 Å². The van der Waals surface area contributed by atoms with Gasteiger partial charge in [-0.25, -0.2) is 19.1 Å². The van der Waals surface area contributed by atoms with Crippen LogP contribution in [0.5, 0.6) is 0 Å². The Labute approximate surface area is 239 Å². The second-order valence-corrected chi connectivity index (χ2v) is 10.8. The molecule has 0 saturated carbocycles. The van der Waals surface area contributed by atoms with E-state index in [1.54, 1.807) is 84.4 Å². The van der Waals surface area contributed by atoms with Crippen LogP contribution in [0.3, 0.4) is 0 Å². The van der Waals surface area contributed by atoms with Crippen molar-refractivity contribution in [2.75, 3.05) is 31.5 Å². The van der Waals surface area contributed by atoms with Gasteiger partial charge < -0.3 is 31.7 Å². The number of imidazole rings is 1. The zero-order valence-electron chi connectivity index (χ0n) is 23.3. The molecular formula is C27H32F3N9O3. The number of likely N-dealkylation sites (tertiary alicyclic amines) is 1. The number of nitrogens with zero attached hydrogens (tertiary/aromatic N) is 5. The molecule has 1 aliphatic rings. The third kappa shape index (κ3) is 7.34. The van der Waals surface area contributed by atoms with E-state index in [1.807, 2.05) is 0 Å². The van der Waals surface area contributed by atoms with E-state index in [-0.39, 0.29) is 6.54 Å². The summed E-state index contributed by atoms with van der Waals surface area (Å²) < 4.78 is 44.1. The van der Waals surface area contributed by atoms with Crippen LogP contribution >= 0.6 is 0 Å². The molecule has 0 bridgehead atoms. The molecule has 0 radical (unpaired) electrons. The van der Waals surface area contributed by atoms with E-state index in [1.165, 1.54) is 6.20 Å². The van der Waals surface area contributed by atoms with Gasteiger partial charge in [0, 0.05) is 41.3 Å². The Morgan fingerprint density at radius 1 is 1.19 bits per heavy atom. The van der Waals surface area contributed by atoms with Gasteiger partial charge in [0.1, 0.15) is 17.7 Å². The number of allylic oxidation sites excluding steroid dienone is 1. The number of alkyl halides is 3. The lowest BCUT2D eigenvalue weighted by Gasteiger charge is -2.46. The van der Waals surface area contributed by atoms with Crippen LogP contribution < -0.4 is 22.1 Å². The molecular weight excluding hydrogens is 555 g/mol. The molecule has 2 aromatic heterocycles. The van der Waals surface area contributed by atoms with E-state index in [2.05, 4.69) is 20.4 Å². The van der Waals surface area contributed by atoms with E-state index >= 15 is 0 Å². The van der Waals surface area contributed by atoms with Crippen LogP contribution in [0.4, 0.5) is 28.4 Å². The Morgan fingerprint density at radius 3 is 2.57 bits per heavy atom. The van der Waals surface area contributed by atoms with Crippen LogP contribution in [0, 0.1) is 0 Å². The van der Waals surface area contributed by atoms with E-state index < -0.39 is 36.0 Å². The van der Waals surface area contributed by atoms with Crippen molar-refractivity contribution in [1.29, 1.82) is 0 Å². The predicted octanol–water partition coefficient (Wildman–Crippen LogP) is 3.40. The first-order valence-corrected chi connectivity index (χ1v) is 12.9. The molecule has 42 heavy (non-hydrogen) atoms. The number of carbonyl (C=O) groups excluding carboxylic acids is 2. The molecule has 3 amide bonds. The fraction of sp³-hybridized carbons (Fsp3) is 0.370. The van der Waals surface area contributed by atoms with Crippen LogP contribution in [0.2, 0.25) is 0 Å². The van der Waals surface area contributed by atoms with E-state index in [0.717, 1.165) is 0 Å². The average Bonchev–Trinajstić information content (AvgIpc) is 3.31. The number of rotatable bonds is 7. The molecule has 1 fully saturated rings. The quantitative estimate of drug-likeness (QED) is 0.308. The number of halogens is 3. The molecule has 224 valence electrons. The second-order valence-electron chi connectivity index (χ2n) is 10.8. The molecule has 0 spiro atoms. The number of urea groups is 1. The number of nitrogens with two attached hydrogens (primary N) is 2. The topological polar surface area (TPSA) is 165 Å². The van der Waals surface area contributed by atoms with Crippen LogP contribution in [0.1, 0.15) is 26.3 Å². The summed E-state index contributed by atoms with van der Waals surface area (Å²) in [5.41, 5.74) is 13.8. The van der Waals surface area contributed by atoms with Crippen LogP contribution in [0.15, 0.2) is 53.9 Å². The monoisotopic (exact) mass is 587 g/mol. The lowest BCUT2D eigenvalue weighted by molar-refractivity contribution is -0.122. The van der Waals surface area contributed by atoms with Crippen molar-refractivity contribution in [3.63, 3.8) is 0 Å². The molecule has 12 nitrogen and oxygen atoms in total. The predicted molar refractivity (Wildman–Crippen MR) is 152 cm³/mol. The maximum absolute atomic E-state index is 12.4. The molecule has 1 aromatic carbocycles. The lowest BCUT2D eigenvalue weighted by atomic mass is 9.91. The highest BCUT2D eigenvalue weighted by Crippen LogP contribution is 2.28. The van der Waals surface area contributed by atoms with Gasteiger partial charge in [-0.1, -0.05) is 12.1 Å². The Kier molecular flexibility index (Phi) is 8.43. The molecule has 3 heterocycles. The minimum atomic E-state index is -4.52. The number of aromatic nitrogens is 3. The van der Waals surface area contributed by atoms with Crippen molar-refractivity contribution in [1.82, 2.24) is 24.8 Å². The number of hydrogen-bond donors (Lipinski definition) is 4.